The van der Waals surface area contributed by atoms with Gasteiger partial charge in [-0.05, 0) is 23.8 Å². The number of carbonyl (C=O) groups excluding carboxylic acids is 1. The van der Waals surface area contributed by atoms with Crippen LogP contribution in [0.15, 0.2) is 41.5 Å². The highest BCUT2D eigenvalue weighted by Gasteiger charge is 2.14. The summed E-state index contributed by atoms with van der Waals surface area (Å²) in [5, 5.41) is 14.7. The van der Waals surface area contributed by atoms with Gasteiger partial charge in [0.25, 0.3) is 5.69 Å². The molecule has 9 heteroatoms. The van der Waals surface area contributed by atoms with Crippen molar-refractivity contribution in [2.24, 2.45) is 5.10 Å². The zero-order valence-electron chi connectivity index (χ0n) is 12.8. The van der Waals surface area contributed by atoms with E-state index in [4.69, 9.17) is 21.1 Å². The number of nitrogens with one attached hydrogen (secondary N) is 1. The first kappa shape index (κ1) is 16.7. The van der Waals surface area contributed by atoms with E-state index >= 15 is 0 Å². The van der Waals surface area contributed by atoms with Crippen LogP contribution in [0.5, 0.6) is 11.5 Å². The minimum atomic E-state index is -0.585. The van der Waals surface area contributed by atoms with Gasteiger partial charge in [0.05, 0.1) is 17.6 Å². The quantitative estimate of drug-likeness (QED) is 0.501. The van der Waals surface area contributed by atoms with Gasteiger partial charge in [0.2, 0.25) is 12.7 Å². The number of nitro benzene ring substituents is 1. The molecule has 2 aromatic carbocycles. The molecular weight excluding hydrogens is 350 g/mol. The maximum atomic E-state index is 11.9. The molecule has 0 radical (unpaired) electrons. The van der Waals surface area contributed by atoms with E-state index in [1.54, 1.807) is 24.3 Å². The molecule has 0 aromatic heterocycles. The summed E-state index contributed by atoms with van der Waals surface area (Å²) in [7, 11) is 0. The van der Waals surface area contributed by atoms with Gasteiger partial charge < -0.3 is 9.47 Å². The Hall–Kier alpha value is -3.13. The molecule has 1 amide bonds. The minimum absolute atomic E-state index is 0.0361. The number of nitro groups is 1. The molecule has 8 nitrogen and oxygen atoms in total. The third-order valence-electron chi connectivity index (χ3n) is 3.37. The van der Waals surface area contributed by atoms with E-state index in [1.165, 1.54) is 18.3 Å². The summed E-state index contributed by atoms with van der Waals surface area (Å²) in [6.45, 7) is 0.169. The summed E-state index contributed by atoms with van der Waals surface area (Å²) in [6, 6.07) is 9.46. The lowest BCUT2D eigenvalue weighted by molar-refractivity contribution is -0.384. The molecule has 0 fully saturated rings. The number of benzene rings is 2. The van der Waals surface area contributed by atoms with Crippen LogP contribution in [0.4, 0.5) is 5.69 Å². The molecule has 3 rings (SSSR count). The molecule has 1 aliphatic heterocycles. The van der Waals surface area contributed by atoms with Gasteiger partial charge >= 0.3 is 0 Å². The van der Waals surface area contributed by atoms with Crippen LogP contribution >= 0.6 is 11.6 Å². The molecule has 128 valence electrons. The molecule has 25 heavy (non-hydrogen) atoms. The van der Waals surface area contributed by atoms with Crippen molar-refractivity contribution in [3.05, 3.63) is 62.7 Å². The van der Waals surface area contributed by atoms with Crippen molar-refractivity contribution in [2.75, 3.05) is 6.79 Å². The minimum Gasteiger partial charge on any atom is -0.454 e. The molecule has 0 aliphatic carbocycles. The van der Waals surface area contributed by atoms with Crippen LogP contribution < -0.4 is 14.9 Å². The van der Waals surface area contributed by atoms with E-state index < -0.39 is 4.92 Å². The van der Waals surface area contributed by atoms with Crippen molar-refractivity contribution in [2.45, 2.75) is 6.42 Å². The van der Waals surface area contributed by atoms with Crippen LogP contribution in [0, 0.1) is 10.1 Å². The standard InChI is InChI=1S/C16H12ClN3O5/c17-12-3-1-11(5-13(12)20(22)23)8-18-19-16(21)7-10-2-4-14-15(6-10)25-9-24-14/h1-6,8H,7,9H2,(H,19,21)/b18-8-. The number of hydrogen-bond donors (Lipinski definition) is 1. The first-order valence-corrected chi connectivity index (χ1v) is 7.55. The predicted octanol–water partition coefficient (Wildman–Crippen LogP) is 2.67. The Balaban J connectivity index is 1.59. The summed E-state index contributed by atoms with van der Waals surface area (Å²) < 4.78 is 10.5. The highest BCUT2D eigenvalue weighted by atomic mass is 35.5. The van der Waals surface area contributed by atoms with Crippen molar-refractivity contribution in [1.29, 1.82) is 0 Å². The Labute approximate surface area is 147 Å². The highest BCUT2D eigenvalue weighted by Crippen LogP contribution is 2.32. The third kappa shape index (κ3) is 4.04. The molecule has 0 spiro atoms. The third-order valence-corrected chi connectivity index (χ3v) is 3.69. The monoisotopic (exact) mass is 361 g/mol. The first-order valence-electron chi connectivity index (χ1n) is 7.17. The maximum absolute atomic E-state index is 11.9. The maximum Gasteiger partial charge on any atom is 0.288 e. The van der Waals surface area contributed by atoms with E-state index in [-0.39, 0.29) is 29.8 Å². The molecular formula is C16H12ClN3O5. The van der Waals surface area contributed by atoms with Gasteiger partial charge in [0, 0.05) is 11.6 Å². The van der Waals surface area contributed by atoms with Crippen molar-refractivity contribution in [3.63, 3.8) is 0 Å². The van der Waals surface area contributed by atoms with Gasteiger partial charge in [0.1, 0.15) is 5.02 Å². The number of rotatable bonds is 5. The second kappa shape index (κ2) is 7.18. The predicted molar refractivity (Wildman–Crippen MR) is 90.1 cm³/mol. The van der Waals surface area contributed by atoms with Gasteiger partial charge in [-0.1, -0.05) is 23.7 Å². The smallest absolute Gasteiger partial charge is 0.288 e. The van der Waals surface area contributed by atoms with Crippen LogP contribution in [0.1, 0.15) is 11.1 Å². The number of carbonyl (C=O) groups is 1. The highest BCUT2D eigenvalue weighted by molar-refractivity contribution is 6.32. The van der Waals surface area contributed by atoms with E-state index in [2.05, 4.69) is 10.5 Å². The molecule has 0 bridgehead atoms. The van der Waals surface area contributed by atoms with Crippen molar-refractivity contribution in [1.82, 2.24) is 5.43 Å². The SMILES string of the molecule is O=C(Cc1ccc2c(c1)OCO2)N/N=C\c1ccc(Cl)c([N+](=O)[O-])c1. The summed E-state index contributed by atoms with van der Waals surface area (Å²) in [4.78, 5) is 22.1. The summed E-state index contributed by atoms with van der Waals surface area (Å²) >= 11 is 5.73. The summed E-state index contributed by atoms with van der Waals surface area (Å²) in [6.07, 6.45) is 1.41. The van der Waals surface area contributed by atoms with E-state index in [0.29, 0.717) is 17.1 Å². The number of hydrazone groups is 1. The Morgan fingerprint density at radius 3 is 2.88 bits per heavy atom. The Morgan fingerprint density at radius 1 is 1.28 bits per heavy atom. The van der Waals surface area contributed by atoms with Crippen LogP contribution in [-0.4, -0.2) is 23.8 Å². The summed E-state index contributed by atoms with van der Waals surface area (Å²) in [5.74, 6) is 0.910. The second-order valence-electron chi connectivity index (χ2n) is 5.13. The van der Waals surface area contributed by atoms with Crippen LogP contribution in [0.3, 0.4) is 0 Å². The van der Waals surface area contributed by atoms with Crippen LogP contribution in [0.2, 0.25) is 5.02 Å². The van der Waals surface area contributed by atoms with Gasteiger partial charge in [-0.3, -0.25) is 14.9 Å². The lowest BCUT2D eigenvalue weighted by Crippen LogP contribution is -2.19. The number of halogens is 1. The molecule has 0 saturated heterocycles. The lowest BCUT2D eigenvalue weighted by atomic mass is 10.1. The van der Waals surface area contributed by atoms with E-state index in [1.807, 2.05) is 0 Å². The van der Waals surface area contributed by atoms with Crippen LogP contribution in [0.25, 0.3) is 0 Å². The fourth-order valence-corrected chi connectivity index (χ4v) is 2.39. The van der Waals surface area contributed by atoms with Crippen molar-refractivity contribution < 1.29 is 19.2 Å². The number of ether oxygens (including phenoxy) is 2. The average molecular weight is 362 g/mol. The van der Waals surface area contributed by atoms with Gasteiger partial charge in [-0.2, -0.15) is 5.10 Å². The Kier molecular flexibility index (Phi) is 4.80. The molecule has 1 N–H and O–H groups in total. The normalized spacial score (nSPS) is 12.4. The largest absolute Gasteiger partial charge is 0.454 e. The Morgan fingerprint density at radius 2 is 2.08 bits per heavy atom. The molecule has 0 saturated carbocycles. The van der Waals surface area contributed by atoms with E-state index in [9.17, 15) is 14.9 Å². The molecule has 1 heterocycles. The fourth-order valence-electron chi connectivity index (χ4n) is 2.20. The molecule has 0 unspecified atom stereocenters. The number of hydrogen-bond acceptors (Lipinski definition) is 6. The number of amides is 1. The number of fused-ring (bicyclic) bond motifs is 1. The summed E-state index contributed by atoms with van der Waals surface area (Å²) in [5.41, 5.74) is 3.33. The Bertz CT molecular complexity index is 869. The second-order valence-corrected chi connectivity index (χ2v) is 5.53. The zero-order chi connectivity index (χ0) is 17.8. The van der Waals surface area contributed by atoms with Gasteiger partial charge in [0.15, 0.2) is 11.5 Å². The van der Waals surface area contributed by atoms with E-state index in [0.717, 1.165) is 5.56 Å². The first-order chi connectivity index (χ1) is 12.0. The fraction of sp³-hybridized carbons (Fsp3) is 0.125. The van der Waals surface area contributed by atoms with Gasteiger partial charge in [-0.15, -0.1) is 0 Å². The number of nitrogens with zero attached hydrogens (tertiary/aromatic N) is 2. The molecule has 1 aliphatic rings. The lowest BCUT2D eigenvalue weighted by Gasteiger charge is -2.02. The zero-order valence-corrected chi connectivity index (χ0v) is 13.5. The van der Waals surface area contributed by atoms with Crippen molar-refractivity contribution in [3.8, 4) is 11.5 Å². The van der Waals surface area contributed by atoms with Crippen molar-refractivity contribution >= 4 is 29.4 Å². The molecule has 2 aromatic rings. The topological polar surface area (TPSA) is 103 Å². The van der Waals surface area contributed by atoms with Gasteiger partial charge in [-0.25, -0.2) is 5.43 Å². The average Bonchev–Trinajstić information content (AvgIpc) is 3.03. The molecule has 0 atom stereocenters. The van der Waals surface area contributed by atoms with Crippen LogP contribution in [-0.2, 0) is 11.2 Å².